The molecule has 0 amide bonds. The van der Waals surface area contributed by atoms with E-state index in [1.165, 1.54) is 0 Å². The fourth-order valence-corrected chi connectivity index (χ4v) is 4.31. The third-order valence-corrected chi connectivity index (χ3v) is 5.72. The van der Waals surface area contributed by atoms with Crippen LogP contribution in [0.2, 0.25) is 5.28 Å². The van der Waals surface area contributed by atoms with Crippen LogP contribution in [0.5, 0.6) is 0 Å². The number of aliphatic imine (C=N–C) groups is 1. The molecule has 1 aromatic heterocycles. The van der Waals surface area contributed by atoms with E-state index >= 15 is 0 Å². The maximum atomic E-state index is 10.5. The van der Waals surface area contributed by atoms with E-state index in [0.717, 1.165) is 58.8 Å². The molecule has 1 unspecified atom stereocenters. The molecule has 0 saturated carbocycles. The van der Waals surface area contributed by atoms with Gasteiger partial charge in [0.05, 0.1) is 22.6 Å². The average molecular weight is 454 g/mol. The van der Waals surface area contributed by atoms with Crippen LogP contribution in [0.25, 0.3) is 11.6 Å². The maximum absolute atomic E-state index is 10.5. The van der Waals surface area contributed by atoms with Crippen molar-refractivity contribution in [3.63, 3.8) is 0 Å². The first-order valence-corrected chi connectivity index (χ1v) is 10.6. The number of allylic oxidation sites excluding steroid dienone is 3. The second-order valence-electron chi connectivity index (χ2n) is 7.68. The van der Waals surface area contributed by atoms with Gasteiger partial charge in [-0.3, -0.25) is 4.99 Å². The number of rotatable bonds is 2. The van der Waals surface area contributed by atoms with E-state index in [1.807, 2.05) is 19.9 Å². The molecule has 1 aliphatic carbocycles. The highest BCUT2D eigenvalue weighted by molar-refractivity contribution is 9.12. The molecule has 27 heavy (non-hydrogen) atoms. The molecule has 0 bridgehead atoms. The molecule has 0 radical (unpaired) electrons. The zero-order valence-corrected chi connectivity index (χ0v) is 18.6. The Morgan fingerprint density at radius 3 is 2.74 bits per heavy atom. The van der Waals surface area contributed by atoms with Gasteiger partial charge in [-0.1, -0.05) is 6.08 Å². The van der Waals surface area contributed by atoms with Gasteiger partial charge in [0.15, 0.2) is 0 Å². The van der Waals surface area contributed by atoms with E-state index in [9.17, 15) is 5.11 Å². The van der Waals surface area contributed by atoms with Crippen LogP contribution in [0.4, 0.5) is 5.82 Å². The fraction of sp³-hybridized carbons (Fsp3) is 0.550. The molecule has 1 N–H and O–H groups in total. The Labute approximate surface area is 174 Å². The molecule has 1 fully saturated rings. The molecule has 2 aliphatic rings. The summed E-state index contributed by atoms with van der Waals surface area (Å²) in [5.74, 6) is 0.823. The van der Waals surface area contributed by atoms with Gasteiger partial charge < -0.3 is 10.0 Å². The first-order valence-electron chi connectivity index (χ1n) is 9.39. The van der Waals surface area contributed by atoms with E-state index in [-0.39, 0.29) is 11.3 Å². The van der Waals surface area contributed by atoms with Crippen molar-refractivity contribution in [1.82, 2.24) is 9.97 Å². The van der Waals surface area contributed by atoms with Crippen molar-refractivity contribution in [2.24, 2.45) is 4.99 Å². The van der Waals surface area contributed by atoms with E-state index < -0.39 is 5.60 Å². The van der Waals surface area contributed by atoms with Crippen LogP contribution in [-0.4, -0.2) is 45.5 Å². The Kier molecular flexibility index (Phi) is 6.08. The summed E-state index contributed by atoms with van der Waals surface area (Å²) in [6, 6.07) is 0.169. The summed E-state index contributed by atoms with van der Waals surface area (Å²) in [5.41, 5.74) is 3.04. The van der Waals surface area contributed by atoms with E-state index in [4.69, 9.17) is 16.6 Å². The number of halogens is 2. The van der Waals surface area contributed by atoms with Gasteiger partial charge in [-0.25, -0.2) is 4.98 Å². The molecule has 146 valence electrons. The summed E-state index contributed by atoms with van der Waals surface area (Å²) in [6.45, 7) is 9.59. The van der Waals surface area contributed by atoms with Crippen molar-refractivity contribution in [3.8, 4) is 0 Å². The van der Waals surface area contributed by atoms with Crippen LogP contribution in [0.1, 0.15) is 58.2 Å². The van der Waals surface area contributed by atoms with Crippen molar-refractivity contribution in [2.75, 3.05) is 18.0 Å². The second-order valence-corrected chi connectivity index (χ2v) is 8.87. The molecular formula is C20H26BrClN4O. The van der Waals surface area contributed by atoms with Crippen LogP contribution in [-0.2, 0) is 0 Å². The molecule has 0 spiro atoms. The van der Waals surface area contributed by atoms with Crippen LogP contribution >= 0.6 is 27.5 Å². The lowest BCUT2D eigenvalue weighted by atomic mass is 9.93. The molecule has 1 saturated heterocycles. The van der Waals surface area contributed by atoms with Gasteiger partial charge in [-0.15, -0.1) is 0 Å². The summed E-state index contributed by atoms with van der Waals surface area (Å²) in [4.78, 5) is 16.1. The lowest BCUT2D eigenvalue weighted by Crippen LogP contribution is -2.30. The molecule has 5 nitrogen and oxygen atoms in total. The van der Waals surface area contributed by atoms with Crippen LogP contribution in [0, 0.1) is 0 Å². The summed E-state index contributed by atoms with van der Waals surface area (Å²) in [5, 5.41) is 10.7. The number of fused-ring (bicyclic) bond motifs is 1. The Balaban J connectivity index is 2.14. The molecule has 1 aliphatic heterocycles. The smallest absolute Gasteiger partial charge is 0.224 e. The molecule has 3 rings (SSSR count). The normalized spacial score (nSPS) is 26.4. The number of hydrogen-bond acceptors (Lipinski definition) is 5. The van der Waals surface area contributed by atoms with Gasteiger partial charge in [0, 0.05) is 29.2 Å². The second kappa shape index (κ2) is 8.02. The first kappa shape index (κ1) is 20.5. The van der Waals surface area contributed by atoms with Gasteiger partial charge in [-0.2, -0.15) is 4.98 Å². The zero-order chi connectivity index (χ0) is 19.8. The zero-order valence-electron chi connectivity index (χ0n) is 16.3. The highest BCUT2D eigenvalue weighted by Crippen LogP contribution is 2.39. The highest BCUT2D eigenvalue weighted by Gasteiger charge is 2.31. The third-order valence-electron chi connectivity index (χ3n) is 4.94. The van der Waals surface area contributed by atoms with Crippen LogP contribution in [0.15, 0.2) is 15.6 Å². The third kappa shape index (κ3) is 4.44. The quantitative estimate of drug-likeness (QED) is 0.649. The van der Waals surface area contributed by atoms with E-state index in [1.54, 1.807) is 0 Å². The maximum Gasteiger partial charge on any atom is 0.224 e. The van der Waals surface area contributed by atoms with Crippen molar-refractivity contribution in [2.45, 2.75) is 58.6 Å². The summed E-state index contributed by atoms with van der Waals surface area (Å²) >= 11 is 9.91. The lowest BCUT2D eigenvalue weighted by Gasteiger charge is -2.29. The Hall–Kier alpha value is -1.24. The Morgan fingerprint density at radius 1 is 1.33 bits per heavy atom. The van der Waals surface area contributed by atoms with Crippen LogP contribution in [0.3, 0.4) is 0 Å². The van der Waals surface area contributed by atoms with Gasteiger partial charge >= 0.3 is 0 Å². The van der Waals surface area contributed by atoms with Gasteiger partial charge in [0.1, 0.15) is 5.82 Å². The summed E-state index contributed by atoms with van der Waals surface area (Å²) in [6.07, 6.45) is 6.41. The minimum atomic E-state index is -0.637. The van der Waals surface area contributed by atoms with Crippen molar-refractivity contribution < 1.29 is 5.11 Å². The summed E-state index contributed by atoms with van der Waals surface area (Å²) in [7, 11) is 0. The largest absolute Gasteiger partial charge is 0.390 e. The van der Waals surface area contributed by atoms with Gasteiger partial charge in [-0.05, 0) is 80.6 Å². The average Bonchev–Trinajstić information content (AvgIpc) is 2.75. The molecule has 0 aromatic carbocycles. The lowest BCUT2D eigenvalue weighted by molar-refractivity contribution is 0.0481. The number of hydrogen-bond donors (Lipinski definition) is 1. The molecule has 7 heteroatoms. The van der Waals surface area contributed by atoms with Crippen molar-refractivity contribution in [1.29, 1.82) is 0 Å². The van der Waals surface area contributed by atoms with Gasteiger partial charge in [0.2, 0.25) is 5.28 Å². The predicted octanol–water partition coefficient (Wildman–Crippen LogP) is 4.87. The van der Waals surface area contributed by atoms with Gasteiger partial charge in [0.25, 0.3) is 0 Å². The number of aromatic nitrogens is 2. The van der Waals surface area contributed by atoms with Crippen LogP contribution < -0.4 is 4.90 Å². The standard InChI is InChI=1S/C20H26BrClN4O/c1-5-13-16-15(11-14(21)17(13)23-12(2)3)24-19(22)25-18(16)26-9-6-7-20(4,27)8-10-26/h5,11-12,27H,6-10H2,1-4H3/b13-5-,23-17?. The predicted molar refractivity (Wildman–Crippen MR) is 117 cm³/mol. The Bertz CT molecular complexity index is 830. The number of nitrogens with zero attached hydrogens (tertiary/aromatic N) is 4. The summed E-state index contributed by atoms with van der Waals surface area (Å²) < 4.78 is 0.899. The van der Waals surface area contributed by atoms with E-state index in [2.05, 4.69) is 50.7 Å². The molecule has 1 aromatic rings. The highest BCUT2D eigenvalue weighted by atomic mass is 79.9. The monoisotopic (exact) mass is 452 g/mol. The topological polar surface area (TPSA) is 61.6 Å². The molecule has 1 atom stereocenters. The molecular weight excluding hydrogens is 428 g/mol. The fourth-order valence-electron chi connectivity index (χ4n) is 3.61. The Morgan fingerprint density at radius 2 is 2.07 bits per heavy atom. The minimum Gasteiger partial charge on any atom is -0.390 e. The minimum absolute atomic E-state index is 0.169. The first-order chi connectivity index (χ1) is 12.7. The number of aliphatic hydroxyl groups is 1. The number of anilines is 1. The van der Waals surface area contributed by atoms with Crippen molar-refractivity contribution in [3.05, 3.63) is 27.1 Å². The van der Waals surface area contributed by atoms with Crippen molar-refractivity contribution >= 4 is 50.7 Å². The van der Waals surface area contributed by atoms with E-state index in [0.29, 0.717) is 6.42 Å². The SMILES string of the molecule is C/C=C1\C(=NC(C)C)C(Br)=Cc2nc(Cl)nc(N3CCCC(C)(O)CC3)c21. The molecule has 2 heterocycles.